The van der Waals surface area contributed by atoms with Gasteiger partial charge in [-0.15, -0.1) is 0 Å². The van der Waals surface area contributed by atoms with Crippen LogP contribution in [0.2, 0.25) is 0 Å². The first kappa shape index (κ1) is 25.2. The molecular formula is C23H35N5O4S. The molecule has 0 radical (unpaired) electrons. The van der Waals surface area contributed by atoms with Gasteiger partial charge in [0.05, 0.1) is 21.8 Å². The second kappa shape index (κ2) is 10.6. The summed E-state index contributed by atoms with van der Waals surface area (Å²) in [5.41, 5.74) is 1.40. The van der Waals surface area contributed by atoms with Crippen molar-refractivity contribution in [1.82, 2.24) is 24.1 Å². The number of hydrogen-bond donors (Lipinski definition) is 1. The maximum Gasteiger partial charge on any atom is 0.242 e. The van der Waals surface area contributed by atoms with Crippen LogP contribution in [0.15, 0.2) is 23.1 Å². The lowest BCUT2D eigenvalue weighted by Gasteiger charge is -2.32. The molecule has 2 heterocycles. The fraction of sp³-hybridized carbons (Fsp3) is 0.609. The van der Waals surface area contributed by atoms with Crippen molar-refractivity contribution < 1.29 is 18.0 Å². The number of rotatable bonds is 9. The Morgan fingerprint density at radius 1 is 1.27 bits per heavy atom. The minimum Gasteiger partial charge on any atom is -0.356 e. The van der Waals surface area contributed by atoms with E-state index in [1.165, 1.54) is 18.4 Å². The third-order valence-electron chi connectivity index (χ3n) is 6.26. The lowest BCUT2D eigenvalue weighted by atomic mass is 9.96. The predicted molar refractivity (Wildman–Crippen MR) is 127 cm³/mol. The number of nitrogens with one attached hydrogen (secondary N) is 1. The van der Waals surface area contributed by atoms with E-state index in [-0.39, 0.29) is 22.6 Å². The highest BCUT2D eigenvalue weighted by atomic mass is 32.2. The Morgan fingerprint density at radius 2 is 2.03 bits per heavy atom. The maximum absolute atomic E-state index is 12.9. The van der Waals surface area contributed by atoms with Crippen molar-refractivity contribution in [3.63, 3.8) is 0 Å². The summed E-state index contributed by atoms with van der Waals surface area (Å²) in [4.78, 5) is 31.8. The molecule has 9 nitrogen and oxygen atoms in total. The quantitative estimate of drug-likeness (QED) is 0.556. The van der Waals surface area contributed by atoms with Gasteiger partial charge in [0, 0.05) is 53.6 Å². The number of piperidine rings is 1. The van der Waals surface area contributed by atoms with Crippen LogP contribution in [-0.2, 0) is 33.1 Å². The van der Waals surface area contributed by atoms with E-state index < -0.39 is 10.0 Å². The van der Waals surface area contributed by atoms with E-state index in [1.54, 1.807) is 23.1 Å². The normalized spacial score (nSPS) is 17.0. The monoisotopic (exact) mass is 477 g/mol. The third-order valence-corrected chi connectivity index (χ3v) is 8.07. The molecule has 0 spiro atoms. The summed E-state index contributed by atoms with van der Waals surface area (Å²) >= 11 is 0. The fourth-order valence-electron chi connectivity index (χ4n) is 4.15. The Morgan fingerprint density at radius 3 is 2.73 bits per heavy atom. The van der Waals surface area contributed by atoms with Crippen molar-refractivity contribution >= 4 is 32.9 Å². The molecule has 1 aliphatic heterocycles. The number of aryl methyl sites for hydroxylation is 2. The number of nitrogens with zero attached hydrogens (tertiary/aromatic N) is 4. The number of unbranched alkanes of at least 4 members (excludes halogenated alkanes) is 1. The Balaban J connectivity index is 1.64. The van der Waals surface area contributed by atoms with Gasteiger partial charge in [-0.3, -0.25) is 9.59 Å². The Hall–Kier alpha value is -2.46. The maximum atomic E-state index is 12.9. The molecule has 0 aliphatic carbocycles. The van der Waals surface area contributed by atoms with Crippen LogP contribution in [0.1, 0.15) is 44.9 Å². The van der Waals surface area contributed by atoms with Gasteiger partial charge in [0.25, 0.3) is 0 Å². The molecule has 182 valence electrons. The summed E-state index contributed by atoms with van der Waals surface area (Å²) in [6, 6.07) is 4.90. The summed E-state index contributed by atoms with van der Waals surface area (Å²) < 4.78 is 27.9. The molecule has 3 rings (SSSR count). The van der Waals surface area contributed by atoms with Crippen LogP contribution in [-0.4, -0.2) is 72.7 Å². The van der Waals surface area contributed by atoms with Crippen molar-refractivity contribution in [2.45, 2.75) is 50.3 Å². The molecule has 10 heteroatoms. The highest BCUT2D eigenvalue weighted by molar-refractivity contribution is 7.89. The number of sulfonamides is 1. The van der Waals surface area contributed by atoms with Crippen LogP contribution < -0.4 is 5.32 Å². The summed E-state index contributed by atoms with van der Waals surface area (Å²) in [7, 11) is 1.32. The molecule has 1 saturated heterocycles. The highest BCUT2D eigenvalue weighted by Gasteiger charge is 2.28. The molecule has 1 fully saturated rings. The van der Waals surface area contributed by atoms with E-state index in [4.69, 9.17) is 0 Å². The number of amides is 2. The van der Waals surface area contributed by atoms with Crippen molar-refractivity contribution in [2.24, 2.45) is 13.0 Å². The molecular weight excluding hydrogens is 442 g/mol. The zero-order chi connectivity index (χ0) is 24.2. The Kier molecular flexibility index (Phi) is 8.12. The number of aromatic nitrogens is 2. The summed E-state index contributed by atoms with van der Waals surface area (Å²) in [6.07, 6.45) is 4.37. The zero-order valence-electron chi connectivity index (χ0n) is 20.0. The van der Waals surface area contributed by atoms with Gasteiger partial charge in [-0.05, 0) is 37.5 Å². The van der Waals surface area contributed by atoms with E-state index in [9.17, 15) is 18.0 Å². The van der Waals surface area contributed by atoms with Gasteiger partial charge in [0.2, 0.25) is 21.8 Å². The minimum absolute atomic E-state index is 0.0176. The van der Waals surface area contributed by atoms with Gasteiger partial charge in [-0.2, -0.15) is 0 Å². The third kappa shape index (κ3) is 5.73. The van der Waals surface area contributed by atoms with Crippen LogP contribution in [0.5, 0.6) is 0 Å². The van der Waals surface area contributed by atoms with E-state index in [0.717, 1.165) is 37.0 Å². The second-order valence-corrected chi connectivity index (χ2v) is 11.0. The first-order chi connectivity index (χ1) is 15.6. The van der Waals surface area contributed by atoms with E-state index >= 15 is 0 Å². The summed E-state index contributed by atoms with van der Waals surface area (Å²) in [6.45, 7) is 3.91. The number of likely N-dealkylation sites (tertiary alicyclic amines) is 1. The standard InChI is InChI=1S/C23H35N5O4S/c1-5-6-13-24-23(30)17-8-7-14-28(16-17)22(29)12-11-21-25-19-15-18(33(31,32)26(2)3)9-10-20(19)27(21)4/h9-10,15,17H,5-8,11-14,16H2,1-4H3,(H,24,30). The van der Waals surface area contributed by atoms with Crippen LogP contribution in [0.4, 0.5) is 0 Å². The van der Waals surface area contributed by atoms with Gasteiger partial charge in [0.1, 0.15) is 5.82 Å². The molecule has 1 unspecified atom stereocenters. The Labute approximate surface area is 196 Å². The molecule has 2 amide bonds. The van der Waals surface area contributed by atoms with Gasteiger partial charge in [-0.25, -0.2) is 17.7 Å². The molecule has 1 aromatic carbocycles. The first-order valence-corrected chi connectivity index (χ1v) is 13.0. The smallest absolute Gasteiger partial charge is 0.242 e. The molecule has 2 aromatic rings. The minimum atomic E-state index is -3.54. The second-order valence-electron chi connectivity index (χ2n) is 8.85. The lowest BCUT2D eigenvalue weighted by Crippen LogP contribution is -2.45. The van der Waals surface area contributed by atoms with E-state index in [1.807, 2.05) is 11.6 Å². The first-order valence-electron chi connectivity index (χ1n) is 11.6. The van der Waals surface area contributed by atoms with E-state index in [2.05, 4.69) is 17.2 Å². The predicted octanol–water partition coefficient (Wildman–Crippen LogP) is 1.91. The number of carbonyl (C=O) groups excluding carboxylic acids is 2. The SMILES string of the molecule is CCCCNC(=O)C1CCCN(C(=O)CCc2nc3cc(S(=O)(=O)N(C)C)ccc3n2C)C1. The molecule has 1 atom stereocenters. The average Bonchev–Trinajstić information content (AvgIpc) is 3.12. The number of imidazole rings is 1. The Bertz CT molecular complexity index is 1110. The molecule has 0 bridgehead atoms. The van der Waals surface area contributed by atoms with Crippen molar-refractivity contribution in [3.8, 4) is 0 Å². The molecule has 33 heavy (non-hydrogen) atoms. The highest BCUT2D eigenvalue weighted by Crippen LogP contribution is 2.23. The molecule has 1 aromatic heterocycles. The van der Waals surface area contributed by atoms with E-state index in [0.29, 0.717) is 38.0 Å². The van der Waals surface area contributed by atoms with Crippen molar-refractivity contribution in [2.75, 3.05) is 33.7 Å². The fourth-order valence-corrected chi connectivity index (χ4v) is 5.07. The molecule has 1 N–H and O–H groups in total. The van der Waals surface area contributed by atoms with Gasteiger partial charge >= 0.3 is 0 Å². The van der Waals surface area contributed by atoms with Crippen LogP contribution in [0, 0.1) is 5.92 Å². The van der Waals surface area contributed by atoms with Crippen molar-refractivity contribution in [3.05, 3.63) is 24.0 Å². The zero-order valence-corrected chi connectivity index (χ0v) is 20.8. The number of benzene rings is 1. The average molecular weight is 478 g/mol. The topological polar surface area (TPSA) is 105 Å². The number of hydrogen-bond acceptors (Lipinski definition) is 5. The van der Waals surface area contributed by atoms with Crippen LogP contribution >= 0.6 is 0 Å². The van der Waals surface area contributed by atoms with Gasteiger partial charge in [-0.1, -0.05) is 13.3 Å². The van der Waals surface area contributed by atoms with Gasteiger partial charge < -0.3 is 14.8 Å². The lowest BCUT2D eigenvalue weighted by molar-refractivity contribution is -0.135. The van der Waals surface area contributed by atoms with Crippen LogP contribution in [0.3, 0.4) is 0 Å². The summed E-state index contributed by atoms with van der Waals surface area (Å²) in [5, 5.41) is 2.98. The summed E-state index contributed by atoms with van der Waals surface area (Å²) in [5.74, 6) is 0.639. The number of carbonyl (C=O) groups is 2. The van der Waals surface area contributed by atoms with Gasteiger partial charge in [0.15, 0.2) is 0 Å². The largest absolute Gasteiger partial charge is 0.356 e. The number of fused-ring (bicyclic) bond motifs is 1. The molecule has 0 saturated carbocycles. The molecule has 1 aliphatic rings. The van der Waals surface area contributed by atoms with Crippen LogP contribution in [0.25, 0.3) is 11.0 Å². The van der Waals surface area contributed by atoms with Crippen molar-refractivity contribution in [1.29, 1.82) is 0 Å².